The van der Waals surface area contributed by atoms with Crippen LogP contribution in [0, 0.1) is 0 Å². The number of aromatic nitrogens is 2. The molecule has 0 unspecified atom stereocenters. The summed E-state index contributed by atoms with van der Waals surface area (Å²) in [6.07, 6.45) is 1.41. The monoisotopic (exact) mass is 351 g/mol. The molecule has 0 bridgehead atoms. The van der Waals surface area contributed by atoms with Crippen molar-refractivity contribution in [3.8, 4) is 5.75 Å². The van der Waals surface area contributed by atoms with Crippen molar-refractivity contribution in [2.24, 2.45) is 0 Å². The van der Waals surface area contributed by atoms with Gasteiger partial charge in [-0.1, -0.05) is 24.3 Å². The number of nitrogens with one attached hydrogen (secondary N) is 1. The Labute approximate surface area is 151 Å². The fourth-order valence-electron chi connectivity index (χ4n) is 2.78. The number of fused-ring (bicyclic) bond motifs is 1. The third-order valence-corrected chi connectivity index (χ3v) is 4.09. The van der Waals surface area contributed by atoms with Crippen LogP contribution in [0.4, 0.5) is 0 Å². The van der Waals surface area contributed by atoms with Crippen LogP contribution in [0.2, 0.25) is 0 Å². The van der Waals surface area contributed by atoms with Crippen LogP contribution in [-0.4, -0.2) is 22.1 Å². The lowest BCUT2D eigenvalue weighted by Crippen LogP contribution is -2.34. The first kappa shape index (κ1) is 17.7. The quantitative estimate of drug-likeness (QED) is 0.741. The first-order valence-corrected chi connectivity index (χ1v) is 8.54. The van der Waals surface area contributed by atoms with Crippen LogP contribution < -0.4 is 15.6 Å². The molecule has 26 heavy (non-hydrogen) atoms. The summed E-state index contributed by atoms with van der Waals surface area (Å²) in [5, 5.41) is 3.41. The summed E-state index contributed by atoms with van der Waals surface area (Å²) < 4.78 is 6.81. The lowest BCUT2D eigenvalue weighted by Gasteiger charge is -2.16. The molecule has 1 N–H and O–H groups in total. The van der Waals surface area contributed by atoms with Gasteiger partial charge in [0.25, 0.3) is 5.56 Å². The Morgan fingerprint density at radius 3 is 2.85 bits per heavy atom. The number of para-hydroxylation sites is 1. The van der Waals surface area contributed by atoms with E-state index < -0.39 is 0 Å². The predicted molar refractivity (Wildman–Crippen MR) is 100 cm³/mol. The molecule has 1 aromatic heterocycles. The number of nitrogens with zero attached hydrogens (tertiary/aromatic N) is 2. The Bertz CT molecular complexity index is 981. The van der Waals surface area contributed by atoms with Crippen molar-refractivity contribution in [3.63, 3.8) is 0 Å². The second kappa shape index (κ2) is 7.82. The zero-order valence-electron chi connectivity index (χ0n) is 14.8. The molecule has 134 valence electrons. The Morgan fingerprint density at radius 2 is 2.04 bits per heavy atom. The number of hydrogen-bond acceptors (Lipinski definition) is 4. The third kappa shape index (κ3) is 3.91. The zero-order chi connectivity index (χ0) is 18.5. The van der Waals surface area contributed by atoms with Crippen molar-refractivity contribution < 1.29 is 9.53 Å². The Balaban J connectivity index is 1.72. The summed E-state index contributed by atoms with van der Waals surface area (Å²) in [5.74, 6) is 0.513. The van der Waals surface area contributed by atoms with Gasteiger partial charge in [-0.3, -0.25) is 14.2 Å². The third-order valence-electron chi connectivity index (χ3n) is 4.09. The van der Waals surface area contributed by atoms with Crippen LogP contribution in [0.25, 0.3) is 10.9 Å². The number of carbonyl (C=O) groups is 1. The lowest BCUT2D eigenvalue weighted by atomic mass is 10.1. The van der Waals surface area contributed by atoms with Gasteiger partial charge in [0.15, 0.2) is 0 Å². The normalized spacial score (nSPS) is 11.9. The largest absolute Gasteiger partial charge is 0.494 e. The van der Waals surface area contributed by atoms with Crippen molar-refractivity contribution in [2.75, 3.05) is 6.61 Å². The maximum absolute atomic E-state index is 12.5. The van der Waals surface area contributed by atoms with Crippen molar-refractivity contribution in [1.29, 1.82) is 0 Å². The molecule has 0 spiro atoms. The summed E-state index contributed by atoms with van der Waals surface area (Å²) >= 11 is 0. The molecule has 1 heterocycles. The van der Waals surface area contributed by atoms with E-state index in [4.69, 9.17) is 4.74 Å². The highest BCUT2D eigenvalue weighted by Gasteiger charge is 2.12. The van der Waals surface area contributed by atoms with Crippen LogP contribution in [-0.2, 0) is 11.3 Å². The van der Waals surface area contributed by atoms with Crippen molar-refractivity contribution in [3.05, 3.63) is 70.8 Å². The fourth-order valence-corrected chi connectivity index (χ4v) is 2.78. The SMILES string of the molecule is CCOc1cccc([C@@H](C)NC(=O)Cn2cnc3ccccc3c2=O)c1. The number of carbonyl (C=O) groups excluding carboxylic acids is 1. The summed E-state index contributed by atoms with van der Waals surface area (Å²) in [6, 6.07) is 14.5. The molecular weight excluding hydrogens is 330 g/mol. The average Bonchev–Trinajstić information content (AvgIpc) is 2.65. The molecular formula is C20H21N3O3. The Morgan fingerprint density at radius 1 is 1.23 bits per heavy atom. The van der Waals surface area contributed by atoms with Gasteiger partial charge in [0, 0.05) is 0 Å². The van der Waals surface area contributed by atoms with Gasteiger partial charge in [0.1, 0.15) is 12.3 Å². The number of ether oxygens (including phenoxy) is 1. The second-order valence-electron chi connectivity index (χ2n) is 5.99. The minimum Gasteiger partial charge on any atom is -0.494 e. The van der Waals surface area contributed by atoms with Gasteiger partial charge in [-0.2, -0.15) is 0 Å². The molecule has 0 fully saturated rings. The van der Waals surface area contributed by atoms with Crippen molar-refractivity contribution in [2.45, 2.75) is 26.4 Å². The highest BCUT2D eigenvalue weighted by Crippen LogP contribution is 2.19. The first-order chi connectivity index (χ1) is 12.6. The molecule has 1 amide bonds. The predicted octanol–water partition coefficient (Wildman–Crippen LogP) is 2.67. The van der Waals surface area contributed by atoms with E-state index in [1.165, 1.54) is 10.9 Å². The molecule has 3 aromatic rings. The Hall–Kier alpha value is -3.15. The second-order valence-corrected chi connectivity index (χ2v) is 5.99. The summed E-state index contributed by atoms with van der Waals surface area (Å²) in [4.78, 5) is 29.1. The van der Waals surface area contributed by atoms with E-state index in [9.17, 15) is 9.59 Å². The van der Waals surface area contributed by atoms with Gasteiger partial charge in [-0.25, -0.2) is 4.98 Å². The van der Waals surface area contributed by atoms with E-state index in [-0.39, 0.29) is 24.1 Å². The molecule has 3 rings (SSSR count). The molecule has 2 aromatic carbocycles. The smallest absolute Gasteiger partial charge is 0.261 e. The van der Waals surface area contributed by atoms with E-state index in [1.807, 2.05) is 44.2 Å². The molecule has 0 saturated heterocycles. The van der Waals surface area contributed by atoms with Gasteiger partial charge in [-0.15, -0.1) is 0 Å². The van der Waals surface area contributed by atoms with Gasteiger partial charge < -0.3 is 10.1 Å². The van der Waals surface area contributed by atoms with E-state index >= 15 is 0 Å². The molecule has 0 saturated carbocycles. The number of hydrogen-bond donors (Lipinski definition) is 1. The number of rotatable bonds is 6. The van der Waals surface area contributed by atoms with Gasteiger partial charge in [-0.05, 0) is 43.7 Å². The van der Waals surface area contributed by atoms with Gasteiger partial charge in [0.05, 0.1) is 29.9 Å². The summed E-state index contributed by atoms with van der Waals surface area (Å²) in [5.41, 5.74) is 1.33. The average molecular weight is 351 g/mol. The van der Waals surface area contributed by atoms with E-state index in [0.717, 1.165) is 11.3 Å². The molecule has 0 aliphatic heterocycles. The summed E-state index contributed by atoms with van der Waals surface area (Å²) in [6.45, 7) is 4.33. The van der Waals surface area contributed by atoms with E-state index in [1.54, 1.807) is 18.2 Å². The maximum Gasteiger partial charge on any atom is 0.261 e. The number of amides is 1. The lowest BCUT2D eigenvalue weighted by molar-refractivity contribution is -0.122. The molecule has 0 aliphatic carbocycles. The molecule has 6 heteroatoms. The standard InChI is InChI=1S/C20H21N3O3/c1-3-26-16-8-6-7-15(11-16)14(2)22-19(24)12-23-13-21-18-10-5-4-9-17(18)20(23)25/h4-11,13-14H,3,12H2,1-2H3,(H,22,24)/t14-/m1/s1. The molecule has 6 nitrogen and oxygen atoms in total. The minimum atomic E-state index is -0.251. The maximum atomic E-state index is 12.5. The van der Waals surface area contributed by atoms with Crippen molar-refractivity contribution >= 4 is 16.8 Å². The van der Waals surface area contributed by atoms with Crippen LogP contribution in [0.3, 0.4) is 0 Å². The van der Waals surface area contributed by atoms with E-state index in [0.29, 0.717) is 17.5 Å². The van der Waals surface area contributed by atoms with E-state index in [2.05, 4.69) is 10.3 Å². The highest BCUT2D eigenvalue weighted by atomic mass is 16.5. The van der Waals surface area contributed by atoms with Gasteiger partial charge >= 0.3 is 0 Å². The zero-order valence-corrected chi connectivity index (χ0v) is 14.8. The minimum absolute atomic E-state index is 0.0772. The van der Waals surface area contributed by atoms with Crippen LogP contribution in [0.5, 0.6) is 5.75 Å². The topological polar surface area (TPSA) is 73.2 Å². The summed E-state index contributed by atoms with van der Waals surface area (Å²) in [7, 11) is 0. The van der Waals surface area contributed by atoms with Crippen molar-refractivity contribution in [1.82, 2.24) is 14.9 Å². The molecule has 0 radical (unpaired) electrons. The van der Waals surface area contributed by atoms with Gasteiger partial charge in [0.2, 0.25) is 5.91 Å². The molecule has 0 aliphatic rings. The first-order valence-electron chi connectivity index (χ1n) is 8.54. The van der Waals surface area contributed by atoms with Crippen LogP contribution in [0.1, 0.15) is 25.5 Å². The van der Waals surface area contributed by atoms with Crippen LogP contribution >= 0.6 is 0 Å². The number of benzene rings is 2. The fraction of sp³-hybridized carbons (Fsp3) is 0.250. The molecule has 1 atom stereocenters. The highest BCUT2D eigenvalue weighted by molar-refractivity contribution is 5.79. The Kier molecular flexibility index (Phi) is 5.31. The van der Waals surface area contributed by atoms with Crippen LogP contribution in [0.15, 0.2) is 59.7 Å².